The summed E-state index contributed by atoms with van der Waals surface area (Å²) in [6.07, 6.45) is 1.66. The third-order valence-corrected chi connectivity index (χ3v) is 3.59. The molecule has 0 aliphatic heterocycles. The van der Waals surface area contributed by atoms with Crippen LogP contribution in [0.4, 0.5) is 0 Å². The highest BCUT2D eigenvalue weighted by Crippen LogP contribution is 2.10. The molecule has 1 aromatic heterocycles. The van der Waals surface area contributed by atoms with E-state index in [1.165, 1.54) is 0 Å². The summed E-state index contributed by atoms with van der Waals surface area (Å²) >= 11 is 5.16. The largest absolute Gasteiger partial charge is 0.357 e. The van der Waals surface area contributed by atoms with Crippen LogP contribution in [0.2, 0.25) is 0 Å². The van der Waals surface area contributed by atoms with Crippen molar-refractivity contribution in [2.45, 2.75) is 13.5 Å². The Morgan fingerprint density at radius 2 is 2.14 bits per heavy atom. The van der Waals surface area contributed by atoms with Crippen LogP contribution < -0.4 is 10.7 Å². The van der Waals surface area contributed by atoms with Crippen LogP contribution in [0.5, 0.6) is 0 Å². The fraction of sp³-hybridized carbons (Fsp3) is 0.188. The Labute approximate surface area is 135 Å². The number of hydrazone groups is 1. The minimum absolute atomic E-state index is 0.453. The standard InChI is InChI=1S/C16H17N5S/c1-12-14(8-15(9-17)21(12)2)11-19-20-16(22)18-10-13-6-4-3-5-7-13/h3-8,11H,10H2,1-2H3,(H2,18,20,22)/b19-11-. The SMILES string of the molecule is Cc1c(/C=N\NC(=S)NCc2ccccc2)cc(C#N)n1C. The van der Waals surface area contributed by atoms with Gasteiger partial charge in [-0.3, -0.25) is 5.43 Å². The van der Waals surface area contributed by atoms with Gasteiger partial charge in [0.15, 0.2) is 5.11 Å². The second-order valence-corrected chi connectivity index (χ2v) is 5.19. The van der Waals surface area contributed by atoms with E-state index in [1.54, 1.807) is 12.3 Å². The summed E-state index contributed by atoms with van der Waals surface area (Å²) in [5, 5.41) is 16.6. The molecular weight excluding hydrogens is 294 g/mol. The van der Waals surface area contributed by atoms with Gasteiger partial charge in [-0.15, -0.1) is 0 Å². The number of thiocarbonyl (C=S) groups is 1. The van der Waals surface area contributed by atoms with Gasteiger partial charge >= 0.3 is 0 Å². The van der Waals surface area contributed by atoms with Gasteiger partial charge in [0, 0.05) is 24.8 Å². The molecular formula is C16H17N5S. The maximum atomic E-state index is 8.99. The van der Waals surface area contributed by atoms with Crippen molar-refractivity contribution < 1.29 is 0 Å². The number of benzene rings is 1. The molecule has 0 unspecified atom stereocenters. The molecule has 0 aliphatic carbocycles. The average molecular weight is 311 g/mol. The van der Waals surface area contributed by atoms with Gasteiger partial charge in [0.2, 0.25) is 0 Å². The van der Waals surface area contributed by atoms with E-state index >= 15 is 0 Å². The van der Waals surface area contributed by atoms with Crippen molar-refractivity contribution in [3.05, 3.63) is 58.9 Å². The molecule has 0 amide bonds. The second-order valence-electron chi connectivity index (χ2n) is 4.78. The van der Waals surface area contributed by atoms with Gasteiger partial charge in [0.25, 0.3) is 0 Å². The molecule has 0 saturated carbocycles. The number of nitriles is 1. The van der Waals surface area contributed by atoms with Crippen LogP contribution in [0.15, 0.2) is 41.5 Å². The van der Waals surface area contributed by atoms with Crippen LogP contribution in [0, 0.1) is 18.3 Å². The Morgan fingerprint density at radius 3 is 2.77 bits per heavy atom. The zero-order valence-corrected chi connectivity index (χ0v) is 13.3. The topological polar surface area (TPSA) is 65.1 Å². The van der Waals surface area contributed by atoms with Crippen LogP contribution in [-0.4, -0.2) is 15.9 Å². The molecule has 0 atom stereocenters. The minimum Gasteiger partial charge on any atom is -0.357 e. The number of nitrogens with zero attached hydrogens (tertiary/aromatic N) is 3. The molecule has 6 heteroatoms. The van der Waals surface area contributed by atoms with E-state index in [-0.39, 0.29) is 0 Å². The van der Waals surface area contributed by atoms with E-state index in [9.17, 15) is 0 Å². The molecule has 2 aromatic rings. The van der Waals surface area contributed by atoms with E-state index in [0.717, 1.165) is 16.8 Å². The summed E-state index contributed by atoms with van der Waals surface area (Å²) in [5.41, 5.74) is 6.38. The van der Waals surface area contributed by atoms with Crippen LogP contribution in [0.3, 0.4) is 0 Å². The van der Waals surface area contributed by atoms with Crippen molar-refractivity contribution in [2.75, 3.05) is 0 Å². The highest BCUT2D eigenvalue weighted by molar-refractivity contribution is 7.80. The highest BCUT2D eigenvalue weighted by atomic mass is 32.1. The highest BCUT2D eigenvalue weighted by Gasteiger charge is 2.06. The van der Waals surface area contributed by atoms with Gasteiger partial charge in [-0.25, -0.2) is 0 Å². The number of aromatic nitrogens is 1. The molecule has 1 aromatic carbocycles. The molecule has 0 fully saturated rings. The molecule has 112 valence electrons. The van der Waals surface area contributed by atoms with Crippen molar-refractivity contribution in [1.82, 2.24) is 15.3 Å². The average Bonchev–Trinajstić information content (AvgIpc) is 2.82. The zero-order valence-electron chi connectivity index (χ0n) is 12.5. The summed E-state index contributed by atoms with van der Waals surface area (Å²) in [6, 6.07) is 13.9. The molecule has 22 heavy (non-hydrogen) atoms. The van der Waals surface area contributed by atoms with E-state index in [1.807, 2.05) is 48.9 Å². The maximum absolute atomic E-state index is 8.99. The van der Waals surface area contributed by atoms with Crippen LogP contribution in [0.1, 0.15) is 22.5 Å². The number of nitrogens with one attached hydrogen (secondary N) is 2. The first-order valence-electron chi connectivity index (χ1n) is 6.79. The lowest BCUT2D eigenvalue weighted by molar-refractivity contribution is 0.862. The van der Waals surface area contributed by atoms with E-state index in [0.29, 0.717) is 17.4 Å². The van der Waals surface area contributed by atoms with Crippen molar-refractivity contribution in [3.63, 3.8) is 0 Å². The number of hydrogen-bond donors (Lipinski definition) is 2. The van der Waals surface area contributed by atoms with Crippen molar-refractivity contribution in [1.29, 1.82) is 5.26 Å². The molecule has 1 heterocycles. The second kappa shape index (κ2) is 7.38. The third kappa shape index (κ3) is 3.93. The van der Waals surface area contributed by atoms with E-state index in [4.69, 9.17) is 17.5 Å². The molecule has 2 rings (SSSR count). The molecule has 0 bridgehead atoms. The lowest BCUT2D eigenvalue weighted by Gasteiger charge is -2.06. The van der Waals surface area contributed by atoms with Gasteiger partial charge in [-0.05, 0) is 30.8 Å². The van der Waals surface area contributed by atoms with Crippen molar-refractivity contribution >= 4 is 23.5 Å². The van der Waals surface area contributed by atoms with Crippen molar-refractivity contribution in [2.24, 2.45) is 12.1 Å². The van der Waals surface area contributed by atoms with Gasteiger partial charge < -0.3 is 9.88 Å². The molecule has 5 nitrogen and oxygen atoms in total. The monoisotopic (exact) mass is 311 g/mol. The summed E-state index contributed by atoms with van der Waals surface area (Å²) in [5.74, 6) is 0. The van der Waals surface area contributed by atoms with E-state index < -0.39 is 0 Å². The quantitative estimate of drug-likeness (QED) is 0.516. The minimum atomic E-state index is 0.453. The van der Waals surface area contributed by atoms with Gasteiger partial charge in [0.05, 0.1) is 6.21 Å². The number of hydrogen-bond acceptors (Lipinski definition) is 3. The Morgan fingerprint density at radius 1 is 1.41 bits per heavy atom. The van der Waals surface area contributed by atoms with Crippen LogP contribution in [-0.2, 0) is 13.6 Å². The maximum Gasteiger partial charge on any atom is 0.187 e. The molecule has 0 spiro atoms. The molecule has 0 radical (unpaired) electrons. The lowest BCUT2D eigenvalue weighted by Crippen LogP contribution is -2.31. The fourth-order valence-electron chi connectivity index (χ4n) is 1.94. The summed E-state index contributed by atoms with van der Waals surface area (Å²) < 4.78 is 1.83. The Balaban J connectivity index is 1.87. The van der Waals surface area contributed by atoms with E-state index in [2.05, 4.69) is 21.9 Å². The molecule has 2 N–H and O–H groups in total. The summed E-state index contributed by atoms with van der Waals surface area (Å²) in [6.45, 7) is 2.58. The zero-order chi connectivity index (χ0) is 15.9. The predicted octanol–water partition coefficient (Wildman–Crippen LogP) is 2.20. The number of rotatable bonds is 4. The third-order valence-electron chi connectivity index (χ3n) is 3.35. The molecule has 0 saturated heterocycles. The predicted molar refractivity (Wildman–Crippen MR) is 91.5 cm³/mol. The lowest BCUT2D eigenvalue weighted by atomic mass is 10.2. The normalized spacial score (nSPS) is 10.4. The summed E-state index contributed by atoms with van der Waals surface area (Å²) in [7, 11) is 1.85. The summed E-state index contributed by atoms with van der Waals surface area (Å²) in [4.78, 5) is 0. The smallest absolute Gasteiger partial charge is 0.187 e. The van der Waals surface area contributed by atoms with Gasteiger partial charge in [-0.1, -0.05) is 30.3 Å². The Bertz CT molecular complexity index is 725. The first-order chi connectivity index (χ1) is 10.6. The van der Waals surface area contributed by atoms with Crippen LogP contribution >= 0.6 is 12.2 Å². The van der Waals surface area contributed by atoms with Gasteiger partial charge in [-0.2, -0.15) is 10.4 Å². The Hall–Kier alpha value is -2.65. The first kappa shape index (κ1) is 15.7. The van der Waals surface area contributed by atoms with Gasteiger partial charge in [0.1, 0.15) is 11.8 Å². The Kier molecular flexibility index (Phi) is 5.28. The first-order valence-corrected chi connectivity index (χ1v) is 7.20. The molecule has 0 aliphatic rings. The fourth-order valence-corrected chi connectivity index (χ4v) is 2.06. The van der Waals surface area contributed by atoms with Crippen LogP contribution in [0.25, 0.3) is 0 Å². The van der Waals surface area contributed by atoms with Crippen molar-refractivity contribution in [3.8, 4) is 6.07 Å².